The molecule has 17 heavy (non-hydrogen) atoms. The van der Waals surface area contributed by atoms with Gasteiger partial charge >= 0.3 is 8.32 Å². The van der Waals surface area contributed by atoms with Crippen molar-refractivity contribution in [2.45, 2.75) is 19.4 Å². The van der Waals surface area contributed by atoms with Gasteiger partial charge in [-0.3, -0.25) is 4.80 Å². The summed E-state index contributed by atoms with van der Waals surface area (Å²) in [5.74, 6) is 0. The van der Waals surface area contributed by atoms with Crippen molar-refractivity contribution >= 4 is 18.7 Å². The Labute approximate surface area is 104 Å². The van der Waals surface area contributed by atoms with Crippen LogP contribution in [0.15, 0.2) is 60.7 Å². The van der Waals surface area contributed by atoms with E-state index < -0.39 is 8.32 Å². The third-order valence-corrected chi connectivity index (χ3v) is 7.23. The Kier molecular flexibility index (Phi) is 3.45. The van der Waals surface area contributed by atoms with Crippen LogP contribution in [0.25, 0.3) is 0 Å². The normalized spacial score (nSPS) is 11.8. The molecule has 0 aliphatic rings. The van der Waals surface area contributed by atoms with Crippen LogP contribution in [0, 0.1) is 0 Å². The van der Waals surface area contributed by atoms with E-state index in [-0.39, 0.29) is 5.54 Å². The summed E-state index contributed by atoms with van der Waals surface area (Å²) < 4.78 is 0. The number of hydrogen-bond donors (Lipinski definition) is 0. The summed E-state index contributed by atoms with van der Waals surface area (Å²) >= 11 is 0. The van der Waals surface area contributed by atoms with E-state index in [1.54, 1.807) is 0 Å². The molecule has 0 spiro atoms. The van der Waals surface area contributed by atoms with Gasteiger partial charge in [-0.25, -0.2) is 0 Å². The van der Waals surface area contributed by atoms with Gasteiger partial charge in [0.05, 0.1) is 0 Å². The molecule has 2 rings (SSSR count). The molecule has 0 aromatic heterocycles. The maximum atomic E-state index is 13.3. The first kappa shape index (κ1) is 12.1. The van der Waals surface area contributed by atoms with Crippen molar-refractivity contribution in [3.05, 3.63) is 60.7 Å². The van der Waals surface area contributed by atoms with Crippen LogP contribution in [0.3, 0.4) is 0 Å². The first-order valence-corrected chi connectivity index (χ1v) is 7.95. The summed E-state index contributed by atoms with van der Waals surface area (Å²) in [6.45, 7) is 4.08. The standard InChI is InChI=1S/C15H17OSi/c1-13(2)17(16,14-9-5-3-6-10-14)15-11-7-4-8-12-15/h3-13H,1-2H3. The van der Waals surface area contributed by atoms with Gasteiger partial charge < -0.3 is 0 Å². The molecular formula is C15H17OSi. The van der Waals surface area contributed by atoms with E-state index in [9.17, 15) is 4.80 Å². The van der Waals surface area contributed by atoms with E-state index >= 15 is 0 Å². The minimum atomic E-state index is -2.83. The smallest absolute Gasteiger partial charge is 0.285 e. The van der Waals surface area contributed by atoms with Gasteiger partial charge in [0.2, 0.25) is 0 Å². The molecule has 0 saturated carbocycles. The molecule has 2 heteroatoms. The summed E-state index contributed by atoms with van der Waals surface area (Å²) in [4.78, 5) is 13.3. The van der Waals surface area contributed by atoms with Gasteiger partial charge in [0.15, 0.2) is 0 Å². The van der Waals surface area contributed by atoms with Crippen LogP contribution in [-0.2, 0) is 4.80 Å². The van der Waals surface area contributed by atoms with Gasteiger partial charge in [-0.05, 0) is 15.9 Å². The van der Waals surface area contributed by atoms with Gasteiger partial charge in [0.1, 0.15) is 0 Å². The zero-order valence-corrected chi connectivity index (χ0v) is 11.3. The molecule has 1 nitrogen and oxygen atoms in total. The Morgan fingerprint density at radius 3 is 1.41 bits per heavy atom. The first-order valence-electron chi connectivity index (χ1n) is 5.97. The van der Waals surface area contributed by atoms with Gasteiger partial charge in [0.25, 0.3) is 0 Å². The van der Waals surface area contributed by atoms with Gasteiger partial charge in [-0.15, -0.1) is 0 Å². The molecule has 0 unspecified atom stereocenters. The Morgan fingerprint density at radius 1 is 0.765 bits per heavy atom. The van der Waals surface area contributed by atoms with Crippen molar-refractivity contribution in [1.29, 1.82) is 0 Å². The average molecular weight is 241 g/mol. The molecule has 0 atom stereocenters. The molecule has 0 bridgehead atoms. The molecule has 0 aliphatic heterocycles. The topological polar surface area (TPSA) is 19.9 Å². The molecular weight excluding hydrogens is 224 g/mol. The highest BCUT2D eigenvalue weighted by Crippen LogP contribution is 2.18. The van der Waals surface area contributed by atoms with Crippen molar-refractivity contribution in [2.24, 2.45) is 0 Å². The molecule has 1 radical (unpaired) electrons. The molecule has 0 N–H and O–H groups in total. The highest BCUT2D eigenvalue weighted by molar-refractivity contribution is 6.97. The Balaban J connectivity index is 2.55. The maximum absolute atomic E-state index is 13.3. The van der Waals surface area contributed by atoms with E-state index in [0.29, 0.717) is 0 Å². The Hall–Kier alpha value is -1.38. The largest absolute Gasteiger partial charge is 0.301 e. The zero-order chi connectivity index (χ0) is 12.3. The van der Waals surface area contributed by atoms with Gasteiger partial charge in [-0.1, -0.05) is 74.5 Å². The second-order valence-corrected chi connectivity index (χ2v) is 8.40. The van der Waals surface area contributed by atoms with Crippen LogP contribution < -0.4 is 10.4 Å². The monoisotopic (exact) mass is 241 g/mol. The van der Waals surface area contributed by atoms with Crippen LogP contribution in [-0.4, -0.2) is 8.32 Å². The quantitative estimate of drug-likeness (QED) is 0.736. The average Bonchev–Trinajstić information content (AvgIpc) is 2.39. The summed E-state index contributed by atoms with van der Waals surface area (Å²) in [6.07, 6.45) is 0. The lowest BCUT2D eigenvalue weighted by molar-refractivity contribution is 0.431. The zero-order valence-electron chi connectivity index (χ0n) is 10.3. The molecule has 0 fully saturated rings. The Bertz CT molecular complexity index is 425. The minimum absolute atomic E-state index is 0.146. The second-order valence-electron chi connectivity index (χ2n) is 4.62. The van der Waals surface area contributed by atoms with E-state index in [1.165, 1.54) is 0 Å². The van der Waals surface area contributed by atoms with Gasteiger partial charge in [-0.2, -0.15) is 0 Å². The summed E-state index contributed by atoms with van der Waals surface area (Å²) in [7, 11) is -2.83. The van der Waals surface area contributed by atoms with Crippen molar-refractivity contribution in [1.82, 2.24) is 0 Å². The predicted molar refractivity (Wildman–Crippen MR) is 73.7 cm³/mol. The SMILES string of the molecule is CC(C)[Si]([O])(c1ccccc1)c1ccccc1. The number of rotatable bonds is 3. The fourth-order valence-corrected chi connectivity index (χ4v) is 5.25. The predicted octanol–water partition coefficient (Wildman–Crippen LogP) is 2.59. The molecule has 0 heterocycles. The molecule has 87 valence electrons. The molecule has 0 amide bonds. The minimum Gasteiger partial charge on any atom is -0.285 e. The van der Waals surface area contributed by atoms with Crippen LogP contribution in [0.2, 0.25) is 5.54 Å². The lowest BCUT2D eigenvalue weighted by atomic mass is 10.4. The van der Waals surface area contributed by atoms with Crippen LogP contribution >= 0.6 is 0 Å². The van der Waals surface area contributed by atoms with Crippen molar-refractivity contribution in [2.75, 3.05) is 0 Å². The molecule has 2 aromatic carbocycles. The Morgan fingerprint density at radius 2 is 1.12 bits per heavy atom. The lowest BCUT2D eigenvalue weighted by Crippen LogP contribution is -2.59. The van der Waals surface area contributed by atoms with Crippen LogP contribution in [0.4, 0.5) is 0 Å². The number of benzene rings is 2. The second kappa shape index (κ2) is 4.86. The third kappa shape index (κ3) is 2.19. The van der Waals surface area contributed by atoms with E-state index in [2.05, 4.69) is 0 Å². The van der Waals surface area contributed by atoms with Crippen LogP contribution in [0.1, 0.15) is 13.8 Å². The van der Waals surface area contributed by atoms with Crippen molar-refractivity contribution in [3.8, 4) is 0 Å². The van der Waals surface area contributed by atoms with E-state index in [4.69, 9.17) is 0 Å². The number of hydrogen-bond acceptors (Lipinski definition) is 0. The molecule has 0 saturated heterocycles. The fraction of sp³-hybridized carbons (Fsp3) is 0.200. The highest BCUT2D eigenvalue weighted by Gasteiger charge is 2.41. The summed E-state index contributed by atoms with van der Waals surface area (Å²) in [5.41, 5.74) is 0.146. The molecule has 0 aliphatic carbocycles. The lowest BCUT2D eigenvalue weighted by Gasteiger charge is -2.27. The third-order valence-electron chi connectivity index (χ3n) is 3.22. The first-order chi connectivity index (χ1) is 8.15. The maximum Gasteiger partial charge on any atom is 0.301 e. The fourth-order valence-electron chi connectivity index (χ4n) is 2.20. The summed E-state index contributed by atoms with van der Waals surface area (Å²) in [6, 6.07) is 19.7. The highest BCUT2D eigenvalue weighted by atomic mass is 28.4. The van der Waals surface area contributed by atoms with Crippen molar-refractivity contribution < 1.29 is 4.80 Å². The molecule has 2 aromatic rings. The van der Waals surface area contributed by atoms with E-state index in [0.717, 1.165) is 10.4 Å². The van der Waals surface area contributed by atoms with Crippen LogP contribution in [0.5, 0.6) is 0 Å². The summed E-state index contributed by atoms with van der Waals surface area (Å²) in [5, 5.41) is 1.95. The van der Waals surface area contributed by atoms with Gasteiger partial charge in [0, 0.05) is 0 Å². The van der Waals surface area contributed by atoms with E-state index in [1.807, 2.05) is 74.5 Å². The van der Waals surface area contributed by atoms with Crippen molar-refractivity contribution in [3.63, 3.8) is 0 Å².